The summed E-state index contributed by atoms with van der Waals surface area (Å²) in [5.74, 6) is 0. The molecule has 0 aliphatic rings. The predicted octanol–water partition coefficient (Wildman–Crippen LogP) is 5.70. The average molecular weight is 374 g/mol. The highest BCUT2D eigenvalue weighted by Crippen LogP contribution is 2.34. The van der Waals surface area contributed by atoms with Gasteiger partial charge in [-0.3, -0.25) is 0 Å². The minimum Gasteiger partial charge on any atom is -0.360 e. The van der Waals surface area contributed by atoms with Crippen LogP contribution in [0.3, 0.4) is 0 Å². The molecule has 4 rings (SSSR count). The van der Waals surface area contributed by atoms with Gasteiger partial charge in [-0.2, -0.15) is 5.26 Å². The van der Waals surface area contributed by atoms with Gasteiger partial charge in [-0.1, -0.05) is 24.3 Å². The number of nitriles is 1. The number of fused-ring (bicyclic) bond motifs is 1. The molecule has 26 heavy (non-hydrogen) atoms. The number of benzene rings is 2. The number of aryl methyl sites for hydroxylation is 1. The predicted molar refractivity (Wildman–Crippen MR) is 109 cm³/mol. The highest BCUT2D eigenvalue weighted by atomic mass is 32.1. The first kappa shape index (κ1) is 16.5. The topological polar surface area (TPSA) is 61.6 Å². The van der Waals surface area contributed by atoms with Crippen LogP contribution in [0.15, 0.2) is 60.1 Å². The molecule has 2 heterocycles. The van der Waals surface area contributed by atoms with Gasteiger partial charge in [0.15, 0.2) is 0 Å². The van der Waals surface area contributed by atoms with Crippen LogP contribution in [0, 0.1) is 18.3 Å². The minimum absolute atomic E-state index is 0.516. The summed E-state index contributed by atoms with van der Waals surface area (Å²) in [4.78, 5) is 9.12. The summed E-state index contributed by atoms with van der Waals surface area (Å²) in [6.45, 7) is 1.92. The minimum atomic E-state index is 0.516. The van der Waals surface area contributed by atoms with Gasteiger partial charge in [0, 0.05) is 28.5 Å². The van der Waals surface area contributed by atoms with E-state index in [-0.39, 0.29) is 0 Å². The Kier molecular flexibility index (Phi) is 4.48. The lowest BCUT2D eigenvalue weighted by Crippen LogP contribution is -1.93. The second-order valence-electron chi connectivity index (χ2n) is 5.64. The van der Waals surface area contributed by atoms with E-state index in [9.17, 15) is 5.26 Å². The van der Waals surface area contributed by atoms with Crippen LogP contribution in [0.25, 0.3) is 26.4 Å². The molecule has 0 spiro atoms. The second kappa shape index (κ2) is 7.08. The van der Waals surface area contributed by atoms with Gasteiger partial charge in [0.1, 0.15) is 21.7 Å². The number of nitrogens with zero attached hydrogens (tertiary/aromatic N) is 3. The maximum absolute atomic E-state index is 9.45. The molecule has 0 saturated heterocycles. The average Bonchev–Trinajstić information content (AvgIpc) is 3.29. The van der Waals surface area contributed by atoms with Gasteiger partial charge in [0.05, 0.1) is 10.2 Å². The second-order valence-corrected chi connectivity index (χ2v) is 7.53. The number of allylic oxidation sites excluding steroid dienone is 1. The van der Waals surface area contributed by atoms with Crippen LogP contribution in [-0.2, 0) is 0 Å². The first-order chi connectivity index (χ1) is 12.7. The molecule has 0 saturated carbocycles. The lowest BCUT2D eigenvalue weighted by Gasteiger charge is -2.07. The van der Waals surface area contributed by atoms with Gasteiger partial charge < -0.3 is 5.32 Å². The van der Waals surface area contributed by atoms with Crippen LogP contribution in [-0.4, -0.2) is 9.97 Å². The van der Waals surface area contributed by atoms with E-state index < -0.39 is 0 Å². The van der Waals surface area contributed by atoms with Crippen LogP contribution >= 0.6 is 22.7 Å². The van der Waals surface area contributed by atoms with Crippen molar-refractivity contribution in [3.8, 4) is 16.6 Å². The van der Waals surface area contributed by atoms with E-state index >= 15 is 0 Å². The zero-order valence-corrected chi connectivity index (χ0v) is 15.6. The molecule has 1 N–H and O–H groups in total. The Labute approximate surface area is 159 Å². The Bertz CT molecular complexity index is 1110. The van der Waals surface area contributed by atoms with E-state index in [1.54, 1.807) is 17.5 Å². The van der Waals surface area contributed by atoms with E-state index in [4.69, 9.17) is 4.98 Å². The Morgan fingerprint density at radius 1 is 1.12 bits per heavy atom. The van der Waals surface area contributed by atoms with Crippen LogP contribution in [0.2, 0.25) is 0 Å². The molecule has 0 aliphatic carbocycles. The summed E-state index contributed by atoms with van der Waals surface area (Å²) in [5, 5.41) is 16.3. The fourth-order valence-electron chi connectivity index (χ4n) is 2.55. The van der Waals surface area contributed by atoms with Crippen molar-refractivity contribution in [3.05, 3.63) is 70.8 Å². The molecule has 4 aromatic rings. The van der Waals surface area contributed by atoms with Crippen LogP contribution < -0.4 is 5.32 Å². The molecule has 2 aromatic heterocycles. The molecular weight excluding hydrogens is 360 g/mol. The van der Waals surface area contributed by atoms with E-state index in [1.807, 2.05) is 54.8 Å². The summed E-state index contributed by atoms with van der Waals surface area (Å²) in [6, 6.07) is 18.3. The first-order valence-corrected chi connectivity index (χ1v) is 9.68. The van der Waals surface area contributed by atoms with E-state index in [0.717, 1.165) is 37.2 Å². The van der Waals surface area contributed by atoms with Gasteiger partial charge in [-0.15, -0.1) is 22.7 Å². The number of hydrogen-bond acceptors (Lipinski definition) is 6. The largest absolute Gasteiger partial charge is 0.360 e. The summed E-state index contributed by atoms with van der Waals surface area (Å²) < 4.78 is 1.16. The van der Waals surface area contributed by atoms with Crippen LogP contribution in [0.5, 0.6) is 0 Å². The first-order valence-electron chi connectivity index (χ1n) is 7.99. The SMILES string of the molecule is Cc1csc(/C(C#N)=C/Nc2ccccc2-c2nc3ccccc3s2)n1. The van der Waals surface area contributed by atoms with E-state index in [2.05, 4.69) is 22.4 Å². The number of anilines is 1. The molecule has 0 fully saturated rings. The molecule has 4 nitrogen and oxygen atoms in total. The fraction of sp³-hybridized carbons (Fsp3) is 0.0500. The van der Waals surface area contributed by atoms with Crippen molar-refractivity contribution in [2.45, 2.75) is 6.92 Å². The smallest absolute Gasteiger partial charge is 0.135 e. The maximum atomic E-state index is 9.45. The number of aromatic nitrogens is 2. The lowest BCUT2D eigenvalue weighted by molar-refractivity contribution is 1.24. The molecule has 2 aromatic carbocycles. The Balaban J connectivity index is 1.70. The Hall–Kier alpha value is -3.01. The number of thiazole rings is 2. The van der Waals surface area contributed by atoms with Crippen molar-refractivity contribution >= 4 is 44.2 Å². The highest BCUT2D eigenvalue weighted by molar-refractivity contribution is 7.21. The van der Waals surface area contributed by atoms with Gasteiger partial charge >= 0.3 is 0 Å². The quantitative estimate of drug-likeness (QED) is 0.465. The molecule has 0 aliphatic heterocycles. The van der Waals surface area contributed by atoms with Crippen molar-refractivity contribution in [1.29, 1.82) is 5.26 Å². The molecule has 0 radical (unpaired) electrons. The molecule has 0 amide bonds. The zero-order valence-electron chi connectivity index (χ0n) is 13.9. The van der Waals surface area contributed by atoms with Gasteiger partial charge in [-0.25, -0.2) is 9.97 Å². The molecule has 126 valence electrons. The normalized spacial score (nSPS) is 11.5. The molecular formula is C20H14N4S2. The van der Waals surface area contributed by atoms with Crippen molar-refractivity contribution in [2.75, 3.05) is 5.32 Å². The van der Waals surface area contributed by atoms with Crippen molar-refractivity contribution < 1.29 is 0 Å². The van der Waals surface area contributed by atoms with Gasteiger partial charge in [0.2, 0.25) is 0 Å². The van der Waals surface area contributed by atoms with Crippen molar-refractivity contribution in [2.24, 2.45) is 0 Å². The molecule has 6 heteroatoms. The Morgan fingerprint density at radius 3 is 2.69 bits per heavy atom. The zero-order chi connectivity index (χ0) is 17.9. The third-order valence-corrected chi connectivity index (χ3v) is 5.86. The third kappa shape index (κ3) is 3.23. The van der Waals surface area contributed by atoms with E-state index in [1.165, 1.54) is 11.3 Å². The van der Waals surface area contributed by atoms with Crippen LogP contribution in [0.4, 0.5) is 5.69 Å². The summed E-state index contributed by atoms with van der Waals surface area (Å²) in [6.07, 6.45) is 1.71. The molecule has 0 atom stereocenters. The maximum Gasteiger partial charge on any atom is 0.135 e. The Morgan fingerprint density at radius 2 is 1.92 bits per heavy atom. The third-order valence-electron chi connectivity index (χ3n) is 3.79. The number of nitrogens with one attached hydrogen (secondary N) is 1. The summed E-state index contributed by atoms with van der Waals surface area (Å²) in [5.41, 5.74) is 4.35. The monoisotopic (exact) mass is 374 g/mol. The van der Waals surface area contributed by atoms with E-state index in [0.29, 0.717) is 5.57 Å². The van der Waals surface area contributed by atoms with Crippen molar-refractivity contribution in [1.82, 2.24) is 9.97 Å². The highest BCUT2D eigenvalue weighted by Gasteiger charge is 2.10. The lowest BCUT2D eigenvalue weighted by atomic mass is 10.2. The van der Waals surface area contributed by atoms with Gasteiger partial charge in [-0.05, 0) is 31.2 Å². The summed E-state index contributed by atoms with van der Waals surface area (Å²) in [7, 11) is 0. The molecule has 0 unspecified atom stereocenters. The fourth-order valence-corrected chi connectivity index (χ4v) is 4.32. The van der Waals surface area contributed by atoms with Crippen LogP contribution in [0.1, 0.15) is 10.7 Å². The number of hydrogen-bond donors (Lipinski definition) is 1. The van der Waals surface area contributed by atoms with Gasteiger partial charge in [0.25, 0.3) is 0 Å². The summed E-state index contributed by atoms with van der Waals surface area (Å²) >= 11 is 3.13. The number of para-hydroxylation sites is 2. The van der Waals surface area contributed by atoms with Crippen molar-refractivity contribution in [3.63, 3.8) is 0 Å². The molecule has 0 bridgehead atoms. The standard InChI is InChI=1S/C20H14N4S2/c1-13-12-25-19(23-13)14(10-21)11-22-16-7-3-2-6-15(16)20-24-17-8-4-5-9-18(17)26-20/h2-9,11-12,22H,1H3/b14-11+. The number of rotatable bonds is 4.